The summed E-state index contributed by atoms with van der Waals surface area (Å²) in [5, 5.41) is 8.24. The van der Waals surface area contributed by atoms with E-state index in [2.05, 4.69) is 4.74 Å². The second kappa shape index (κ2) is 6.69. The first-order valence-electron chi connectivity index (χ1n) is 4.36. The van der Waals surface area contributed by atoms with Crippen molar-refractivity contribution >= 4 is 23.5 Å². The van der Waals surface area contributed by atoms with E-state index in [0.29, 0.717) is 0 Å². The lowest BCUT2D eigenvalue weighted by Crippen LogP contribution is -2.16. The molecule has 1 N–H and O–H groups in total. The predicted molar refractivity (Wildman–Crippen MR) is 48.1 cm³/mol. The highest BCUT2D eigenvalue weighted by molar-refractivity contribution is 6.09. The molecule has 0 aromatic rings. The van der Waals surface area contributed by atoms with Gasteiger partial charge in [0.15, 0.2) is 11.6 Å². The first kappa shape index (κ1) is 13.3. The van der Waals surface area contributed by atoms with Crippen molar-refractivity contribution in [1.82, 2.24) is 0 Å². The Hall–Kier alpha value is -1.72. The first-order chi connectivity index (χ1) is 6.95. The maximum absolute atomic E-state index is 11.0. The number of ether oxygens (including phenoxy) is 1. The van der Waals surface area contributed by atoms with E-state index >= 15 is 0 Å². The van der Waals surface area contributed by atoms with Crippen molar-refractivity contribution in [2.24, 2.45) is 0 Å². The second-order valence-corrected chi connectivity index (χ2v) is 2.81. The molecule has 0 aliphatic carbocycles. The van der Waals surface area contributed by atoms with Crippen molar-refractivity contribution < 1.29 is 29.0 Å². The van der Waals surface area contributed by atoms with E-state index in [1.807, 2.05) is 0 Å². The Kier molecular flexibility index (Phi) is 5.92. The van der Waals surface area contributed by atoms with E-state index in [1.165, 1.54) is 0 Å². The van der Waals surface area contributed by atoms with E-state index in [0.717, 1.165) is 0 Å². The minimum atomic E-state index is -1.29. The molecule has 84 valence electrons. The Morgan fingerprint density at radius 2 is 1.53 bits per heavy atom. The van der Waals surface area contributed by atoms with Crippen molar-refractivity contribution in [3.8, 4) is 0 Å². The molecule has 0 saturated heterocycles. The van der Waals surface area contributed by atoms with Crippen molar-refractivity contribution in [2.45, 2.75) is 26.2 Å². The number of carboxylic acids is 1. The molecule has 0 heterocycles. The van der Waals surface area contributed by atoms with Crippen molar-refractivity contribution in [3.63, 3.8) is 0 Å². The normalized spacial score (nSPS) is 9.40. The van der Waals surface area contributed by atoms with Gasteiger partial charge in [-0.05, 0) is 6.92 Å². The van der Waals surface area contributed by atoms with Crippen LogP contribution in [0.5, 0.6) is 0 Å². The highest BCUT2D eigenvalue weighted by Crippen LogP contribution is 1.97. The zero-order chi connectivity index (χ0) is 11.8. The second-order valence-electron chi connectivity index (χ2n) is 2.81. The molecule has 0 unspecified atom stereocenters. The van der Waals surface area contributed by atoms with Crippen LogP contribution in [0.4, 0.5) is 0 Å². The van der Waals surface area contributed by atoms with E-state index in [4.69, 9.17) is 5.11 Å². The van der Waals surface area contributed by atoms with Crippen LogP contribution >= 0.6 is 0 Å². The maximum Gasteiger partial charge on any atom is 0.313 e. The van der Waals surface area contributed by atoms with Gasteiger partial charge in [0.2, 0.25) is 0 Å². The number of hydrogen-bond donors (Lipinski definition) is 1. The third-order valence-electron chi connectivity index (χ3n) is 1.39. The number of carbonyl (C=O) groups is 4. The lowest BCUT2D eigenvalue weighted by molar-refractivity contribution is -0.145. The van der Waals surface area contributed by atoms with Gasteiger partial charge in [-0.25, -0.2) is 0 Å². The number of carboxylic acid groups (broad SMARTS) is 1. The molecule has 0 spiro atoms. The summed E-state index contributed by atoms with van der Waals surface area (Å²) in [5.41, 5.74) is 0. The van der Waals surface area contributed by atoms with Gasteiger partial charge in [0, 0.05) is 0 Å². The molecule has 0 radical (unpaired) electrons. The van der Waals surface area contributed by atoms with Crippen LogP contribution in [0, 0.1) is 0 Å². The Morgan fingerprint density at radius 3 is 2.00 bits per heavy atom. The quantitative estimate of drug-likeness (QED) is 0.473. The summed E-state index contributed by atoms with van der Waals surface area (Å²) in [4.78, 5) is 42.7. The number of esters is 1. The standard InChI is InChI=1S/C9H12O6/c1-2-15-9(14)5-7(11)3-6(10)4-8(12)13/h2-5H2,1H3,(H,12,13). The van der Waals surface area contributed by atoms with Crippen LogP contribution in [0.1, 0.15) is 26.2 Å². The molecule has 0 saturated carbocycles. The Morgan fingerprint density at radius 1 is 1.00 bits per heavy atom. The molecule has 0 aliphatic rings. The predicted octanol–water partition coefficient (Wildman–Crippen LogP) is -0.0574. The number of ketones is 2. The van der Waals surface area contributed by atoms with Gasteiger partial charge >= 0.3 is 11.9 Å². The molecule has 6 heteroatoms. The van der Waals surface area contributed by atoms with Crippen molar-refractivity contribution in [2.75, 3.05) is 6.61 Å². The van der Waals surface area contributed by atoms with E-state index < -0.39 is 42.8 Å². The van der Waals surface area contributed by atoms with Gasteiger partial charge < -0.3 is 9.84 Å². The molecule has 6 nitrogen and oxygen atoms in total. The Balaban J connectivity index is 3.88. The number of Topliss-reactive ketones (excluding diaryl/α,β-unsaturated/α-hetero) is 2. The van der Waals surface area contributed by atoms with Gasteiger partial charge in [0.1, 0.15) is 12.8 Å². The van der Waals surface area contributed by atoms with Gasteiger partial charge in [-0.3, -0.25) is 19.2 Å². The van der Waals surface area contributed by atoms with E-state index in [9.17, 15) is 19.2 Å². The van der Waals surface area contributed by atoms with Crippen LogP contribution < -0.4 is 0 Å². The lowest BCUT2D eigenvalue weighted by atomic mass is 10.1. The molecular weight excluding hydrogens is 204 g/mol. The zero-order valence-corrected chi connectivity index (χ0v) is 8.32. The third-order valence-corrected chi connectivity index (χ3v) is 1.39. The molecule has 0 atom stereocenters. The average Bonchev–Trinajstić information content (AvgIpc) is 2.00. The number of carbonyl (C=O) groups excluding carboxylic acids is 3. The fourth-order valence-corrected chi connectivity index (χ4v) is 0.887. The van der Waals surface area contributed by atoms with Crippen molar-refractivity contribution in [1.29, 1.82) is 0 Å². The molecule has 0 aromatic heterocycles. The molecule has 0 aliphatic heterocycles. The van der Waals surface area contributed by atoms with Crippen LogP contribution in [0.25, 0.3) is 0 Å². The summed E-state index contributed by atoms with van der Waals surface area (Å²) >= 11 is 0. The van der Waals surface area contributed by atoms with Crippen LogP contribution in [0.3, 0.4) is 0 Å². The molecule has 0 amide bonds. The van der Waals surface area contributed by atoms with Crippen LogP contribution in [-0.4, -0.2) is 35.2 Å². The van der Waals surface area contributed by atoms with E-state index in [1.54, 1.807) is 6.92 Å². The van der Waals surface area contributed by atoms with Crippen LogP contribution in [0.2, 0.25) is 0 Å². The van der Waals surface area contributed by atoms with Crippen LogP contribution in [0.15, 0.2) is 0 Å². The molecule has 15 heavy (non-hydrogen) atoms. The molecular formula is C9H12O6. The summed E-state index contributed by atoms with van der Waals surface area (Å²) in [6.45, 7) is 1.76. The number of hydrogen-bond acceptors (Lipinski definition) is 5. The summed E-state index contributed by atoms with van der Waals surface area (Å²) < 4.78 is 4.49. The Bertz CT molecular complexity index is 280. The summed E-state index contributed by atoms with van der Waals surface area (Å²) in [5.74, 6) is -3.33. The minimum Gasteiger partial charge on any atom is -0.481 e. The zero-order valence-electron chi connectivity index (χ0n) is 8.32. The van der Waals surface area contributed by atoms with Gasteiger partial charge in [0.05, 0.1) is 13.0 Å². The molecule has 0 fully saturated rings. The first-order valence-corrected chi connectivity index (χ1v) is 4.36. The third kappa shape index (κ3) is 7.36. The lowest BCUT2D eigenvalue weighted by Gasteiger charge is -2.00. The van der Waals surface area contributed by atoms with Crippen LogP contribution in [-0.2, 0) is 23.9 Å². The minimum absolute atomic E-state index is 0.162. The fraction of sp³-hybridized carbons (Fsp3) is 0.556. The molecule has 0 aromatic carbocycles. The highest BCUT2D eigenvalue weighted by atomic mass is 16.5. The van der Waals surface area contributed by atoms with Gasteiger partial charge in [-0.15, -0.1) is 0 Å². The monoisotopic (exact) mass is 216 g/mol. The van der Waals surface area contributed by atoms with Gasteiger partial charge in [-0.2, -0.15) is 0 Å². The largest absolute Gasteiger partial charge is 0.481 e. The fourth-order valence-electron chi connectivity index (χ4n) is 0.887. The summed E-state index contributed by atoms with van der Waals surface area (Å²) in [7, 11) is 0. The summed E-state index contributed by atoms with van der Waals surface area (Å²) in [6, 6.07) is 0. The number of aliphatic carboxylic acids is 1. The number of rotatable bonds is 7. The van der Waals surface area contributed by atoms with E-state index in [-0.39, 0.29) is 6.61 Å². The SMILES string of the molecule is CCOC(=O)CC(=O)CC(=O)CC(=O)O. The topological polar surface area (TPSA) is 97.7 Å². The average molecular weight is 216 g/mol. The molecule has 0 bridgehead atoms. The highest BCUT2D eigenvalue weighted by Gasteiger charge is 2.16. The van der Waals surface area contributed by atoms with Gasteiger partial charge in [-0.1, -0.05) is 0 Å². The Labute approximate surface area is 86.2 Å². The van der Waals surface area contributed by atoms with Crippen molar-refractivity contribution in [3.05, 3.63) is 0 Å². The summed E-state index contributed by atoms with van der Waals surface area (Å²) in [6.07, 6.45) is -1.72. The smallest absolute Gasteiger partial charge is 0.313 e. The van der Waals surface area contributed by atoms with Gasteiger partial charge in [0.25, 0.3) is 0 Å². The molecule has 0 rings (SSSR count). The maximum atomic E-state index is 11.0.